The van der Waals surface area contributed by atoms with Gasteiger partial charge in [-0.3, -0.25) is 0 Å². The second-order valence-electron chi connectivity index (χ2n) is 4.96. The molecule has 3 nitrogen and oxygen atoms in total. The molecule has 2 N–H and O–H groups in total. The van der Waals surface area contributed by atoms with Crippen LogP contribution in [0.1, 0.15) is 51.7 Å². The highest BCUT2D eigenvalue weighted by molar-refractivity contribution is 5.10. The summed E-state index contributed by atoms with van der Waals surface area (Å²) in [6, 6.07) is 3.79. The second kappa shape index (κ2) is 5.02. The van der Waals surface area contributed by atoms with Crippen molar-refractivity contribution in [2.75, 3.05) is 0 Å². The third-order valence-corrected chi connectivity index (χ3v) is 2.82. The number of aryl methyl sites for hydroxylation is 1. The van der Waals surface area contributed by atoms with Gasteiger partial charge in [-0.1, -0.05) is 6.92 Å². The average molecular weight is 225 g/mol. The fourth-order valence-corrected chi connectivity index (χ4v) is 1.46. The van der Waals surface area contributed by atoms with Gasteiger partial charge in [0, 0.05) is 6.04 Å². The SMILES string of the molecule is CCC(C)(C)OC(c1ccc(C)o1)C(C)N. The summed E-state index contributed by atoms with van der Waals surface area (Å²) >= 11 is 0. The maximum Gasteiger partial charge on any atom is 0.134 e. The van der Waals surface area contributed by atoms with Crippen LogP contribution in [0.5, 0.6) is 0 Å². The van der Waals surface area contributed by atoms with Crippen molar-refractivity contribution in [2.45, 2.75) is 58.8 Å². The first kappa shape index (κ1) is 13.3. The summed E-state index contributed by atoms with van der Waals surface area (Å²) in [5.41, 5.74) is 5.77. The molecule has 16 heavy (non-hydrogen) atoms. The molecule has 1 rings (SSSR count). The van der Waals surface area contributed by atoms with Crippen molar-refractivity contribution < 1.29 is 9.15 Å². The minimum atomic E-state index is -0.182. The number of nitrogens with two attached hydrogens (primary N) is 1. The van der Waals surface area contributed by atoms with Crippen molar-refractivity contribution in [2.24, 2.45) is 5.73 Å². The van der Waals surface area contributed by atoms with E-state index < -0.39 is 0 Å². The van der Waals surface area contributed by atoms with Crippen molar-refractivity contribution in [3.05, 3.63) is 23.7 Å². The summed E-state index contributed by atoms with van der Waals surface area (Å²) in [7, 11) is 0. The summed E-state index contributed by atoms with van der Waals surface area (Å²) < 4.78 is 11.6. The van der Waals surface area contributed by atoms with E-state index >= 15 is 0 Å². The smallest absolute Gasteiger partial charge is 0.134 e. The number of hydrogen-bond donors (Lipinski definition) is 1. The molecule has 0 aliphatic carbocycles. The van der Waals surface area contributed by atoms with Crippen LogP contribution in [-0.4, -0.2) is 11.6 Å². The molecule has 0 aliphatic rings. The average Bonchev–Trinajstić information content (AvgIpc) is 2.61. The molecule has 0 amide bonds. The normalized spacial score (nSPS) is 16.1. The highest BCUT2D eigenvalue weighted by Gasteiger charge is 2.27. The molecule has 1 aromatic heterocycles. The Hall–Kier alpha value is -0.800. The molecule has 0 aliphatic heterocycles. The summed E-state index contributed by atoms with van der Waals surface area (Å²) in [5.74, 6) is 1.70. The summed E-state index contributed by atoms with van der Waals surface area (Å²) in [6.45, 7) is 10.1. The van der Waals surface area contributed by atoms with E-state index in [4.69, 9.17) is 14.9 Å². The van der Waals surface area contributed by atoms with Crippen LogP contribution in [-0.2, 0) is 4.74 Å². The van der Waals surface area contributed by atoms with Crippen molar-refractivity contribution in [3.8, 4) is 0 Å². The van der Waals surface area contributed by atoms with E-state index in [1.807, 2.05) is 26.0 Å². The Morgan fingerprint density at radius 2 is 2.06 bits per heavy atom. The van der Waals surface area contributed by atoms with Gasteiger partial charge in [-0.25, -0.2) is 0 Å². The van der Waals surface area contributed by atoms with Gasteiger partial charge in [0.15, 0.2) is 0 Å². The molecular formula is C13H23NO2. The van der Waals surface area contributed by atoms with Crippen molar-refractivity contribution in [1.29, 1.82) is 0 Å². The zero-order chi connectivity index (χ0) is 12.3. The van der Waals surface area contributed by atoms with Crippen LogP contribution in [0.2, 0.25) is 0 Å². The molecule has 3 heteroatoms. The Morgan fingerprint density at radius 3 is 2.44 bits per heavy atom. The van der Waals surface area contributed by atoms with Gasteiger partial charge in [-0.05, 0) is 46.2 Å². The minimum Gasteiger partial charge on any atom is -0.464 e. The van der Waals surface area contributed by atoms with E-state index in [0.717, 1.165) is 17.9 Å². The lowest BCUT2D eigenvalue weighted by atomic mass is 10.0. The second-order valence-corrected chi connectivity index (χ2v) is 4.96. The third-order valence-electron chi connectivity index (χ3n) is 2.82. The molecule has 2 atom stereocenters. The standard InChI is InChI=1S/C13H23NO2/c1-6-13(4,5)16-12(10(3)14)11-8-7-9(2)15-11/h7-8,10,12H,6,14H2,1-5H3. The highest BCUT2D eigenvalue weighted by atomic mass is 16.5. The van der Waals surface area contributed by atoms with Crippen LogP contribution < -0.4 is 5.73 Å². The van der Waals surface area contributed by atoms with E-state index in [-0.39, 0.29) is 17.7 Å². The number of furan rings is 1. The number of rotatable bonds is 5. The van der Waals surface area contributed by atoms with Gasteiger partial charge in [0.1, 0.15) is 17.6 Å². The topological polar surface area (TPSA) is 48.4 Å². The van der Waals surface area contributed by atoms with Crippen LogP contribution >= 0.6 is 0 Å². The molecule has 2 unspecified atom stereocenters. The predicted molar refractivity (Wildman–Crippen MR) is 65.3 cm³/mol. The Bertz CT molecular complexity index is 328. The Morgan fingerprint density at radius 1 is 1.44 bits per heavy atom. The van der Waals surface area contributed by atoms with Crippen LogP contribution in [0.15, 0.2) is 16.5 Å². The Kier molecular flexibility index (Phi) is 4.16. The van der Waals surface area contributed by atoms with E-state index in [1.165, 1.54) is 0 Å². The number of ether oxygens (including phenoxy) is 1. The molecule has 0 aromatic carbocycles. The Labute approximate surface area is 98.0 Å². The van der Waals surface area contributed by atoms with Crippen molar-refractivity contribution in [1.82, 2.24) is 0 Å². The Balaban J connectivity index is 2.84. The van der Waals surface area contributed by atoms with Gasteiger partial charge in [-0.15, -0.1) is 0 Å². The monoisotopic (exact) mass is 225 g/mol. The lowest BCUT2D eigenvalue weighted by Gasteiger charge is -2.31. The zero-order valence-corrected chi connectivity index (χ0v) is 10.9. The highest BCUT2D eigenvalue weighted by Crippen LogP contribution is 2.29. The van der Waals surface area contributed by atoms with Gasteiger partial charge in [0.05, 0.1) is 5.60 Å². The summed E-state index contributed by atoms with van der Waals surface area (Å²) in [5, 5.41) is 0. The molecule has 0 saturated heterocycles. The van der Waals surface area contributed by atoms with Crippen LogP contribution in [0, 0.1) is 6.92 Å². The molecule has 1 aromatic rings. The maximum absolute atomic E-state index is 6.03. The van der Waals surface area contributed by atoms with Gasteiger partial charge in [0.25, 0.3) is 0 Å². The van der Waals surface area contributed by atoms with E-state index in [9.17, 15) is 0 Å². The first-order valence-corrected chi connectivity index (χ1v) is 5.85. The lowest BCUT2D eigenvalue weighted by Crippen LogP contribution is -2.34. The van der Waals surface area contributed by atoms with E-state index in [1.54, 1.807) is 0 Å². The molecular weight excluding hydrogens is 202 g/mol. The number of hydrogen-bond acceptors (Lipinski definition) is 3. The van der Waals surface area contributed by atoms with E-state index in [2.05, 4.69) is 20.8 Å². The molecule has 0 fully saturated rings. The van der Waals surface area contributed by atoms with Gasteiger partial charge >= 0.3 is 0 Å². The van der Waals surface area contributed by atoms with Gasteiger partial charge in [-0.2, -0.15) is 0 Å². The molecule has 1 heterocycles. The predicted octanol–water partition coefficient (Wildman–Crippen LogP) is 3.18. The van der Waals surface area contributed by atoms with Crippen molar-refractivity contribution in [3.63, 3.8) is 0 Å². The summed E-state index contributed by atoms with van der Waals surface area (Å²) in [6.07, 6.45) is 0.763. The molecule has 0 radical (unpaired) electrons. The molecule has 92 valence electrons. The van der Waals surface area contributed by atoms with Gasteiger partial charge in [0.2, 0.25) is 0 Å². The quantitative estimate of drug-likeness (QED) is 0.837. The fourth-order valence-electron chi connectivity index (χ4n) is 1.46. The van der Waals surface area contributed by atoms with Crippen LogP contribution in [0.4, 0.5) is 0 Å². The third kappa shape index (κ3) is 3.35. The molecule has 0 spiro atoms. The zero-order valence-electron chi connectivity index (χ0n) is 10.9. The molecule has 0 bridgehead atoms. The van der Waals surface area contributed by atoms with Gasteiger partial charge < -0.3 is 14.9 Å². The van der Waals surface area contributed by atoms with Crippen LogP contribution in [0.25, 0.3) is 0 Å². The summed E-state index contributed by atoms with van der Waals surface area (Å²) in [4.78, 5) is 0. The minimum absolute atomic E-state index is 0.0867. The van der Waals surface area contributed by atoms with E-state index in [0.29, 0.717) is 0 Å². The fraction of sp³-hybridized carbons (Fsp3) is 0.692. The first-order valence-electron chi connectivity index (χ1n) is 5.85. The van der Waals surface area contributed by atoms with Crippen LogP contribution in [0.3, 0.4) is 0 Å². The first-order chi connectivity index (χ1) is 7.35. The van der Waals surface area contributed by atoms with Crippen molar-refractivity contribution >= 4 is 0 Å². The largest absolute Gasteiger partial charge is 0.464 e. The maximum atomic E-state index is 6.03. The molecule has 0 saturated carbocycles. The lowest BCUT2D eigenvalue weighted by molar-refractivity contribution is -0.0913.